The summed E-state index contributed by atoms with van der Waals surface area (Å²) in [5.74, 6) is 0.268. The summed E-state index contributed by atoms with van der Waals surface area (Å²) in [5, 5.41) is 9.70. The van der Waals surface area contributed by atoms with E-state index in [4.69, 9.17) is 0 Å². The highest BCUT2D eigenvalue weighted by Crippen LogP contribution is 2.30. The van der Waals surface area contributed by atoms with Gasteiger partial charge in [-0.15, -0.1) is 11.3 Å². The van der Waals surface area contributed by atoms with Gasteiger partial charge >= 0.3 is 0 Å². The number of amides is 1. The molecule has 0 aliphatic rings. The first kappa shape index (κ1) is 19.1. The van der Waals surface area contributed by atoms with Gasteiger partial charge < -0.3 is 0 Å². The zero-order chi connectivity index (χ0) is 20.4. The quantitative estimate of drug-likeness (QED) is 0.365. The maximum Gasteiger partial charge on any atom is 0.281 e. The van der Waals surface area contributed by atoms with Crippen LogP contribution in [0.1, 0.15) is 46.3 Å². The van der Waals surface area contributed by atoms with Gasteiger partial charge in [0.25, 0.3) is 5.91 Å². The molecule has 0 aliphatic carbocycles. The molecule has 29 heavy (non-hydrogen) atoms. The lowest BCUT2D eigenvalue weighted by atomic mass is 10.0. The number of benzene rings is 2. The molecule has 0 atom stereocenters. The Bertz CT molecular complexity index is 1170. The summed E-state index contributed by atoms with van der Waals surface area (Å²) < 4.78 is 1.88. The highest BCUT2D eigenvalue weighted by molar-refractivity contribution is 7.20. The van der Waals surface area contributed by atoms with Gasteiger partial charge in [-0.05, 0) is 42.2 Å². The third-order valence-electron chi connectivity index (χ3n) is 4.75. The molecule has 2 aromatic carbocycles. The molecule has 1 N–H and O–H groups in total. The molecule has 146 valence electrons. The highest BCUT2D eigenvalue weighted by Gasteiger charge is 2.16. The maximum absolute atomic E-state index is 12.6. The Balaban J connectivity index is 1.52. The Morgan fingerprint density at radius 2 is 1.86 bits per heavy atom. The van der Waals surface area contributed by atoms with Gasteiger partial charge in [0.15, 0.2) is 0 Å². The van der Waals surface area contributed by atoms with E-state index < -0.39 is 0 Å². The van der Waals surface area contributed by atoms with E-state index in [1.165, 1.54) is 16.9 Å². The zero-order valence-corrected chi connectivity index (χ0v) is 17.4. The Morgan fingerprint density at radius 1 is 1.14 bits per heavy atom. The van der Waals surface area contributed by atoms with Crippen molar-refractivity contribution in [1.29, 1.82) is 0 Å². The number of hydrogen-bond donors (Lipinski definition) is 1. The summed E-state index contributed by atoms with van der Waals surface area (Å²) in [4.78, 5) is 14.1. The Hall–Kier alpha value is -3.25. The van der Waals surface area contributed by atoms with E-state index in [2.05, 4.69) is 41.6 Å². The average Bonchev–Trinajstić information content (AvgIpc) is 3.30. The minimum Gasteiger partial charge on any atom is -0.266 e. The molecule has 0 saturated heterocycles. The van der Waals surface area contributed by atoms with Crippen LogP contribution in [0.3, 0.4) is 0 Å². The number of para-hydroxylation sites is 1. The predicted octanol–water partition coefficient (Wildman–Crippen LogP) is 5.28. The van der Waals surface area contributed by atoms with E-state index in [1.807, 2.05) is 60.1 Å². The summed E-state index contributed by atoms with van der Waals surface area (Å²) in [6.45, 7) is 6.27. The van der Waals surface area contributed by atoms with Crippen LogP contribution in [0.25, 0.3) is 15.9 Å². The second-order valence-electron chi connectivity index (χ2n) is 7.18. The van der Waals surface area contributed by atoms with Gasteiger partial charge in [0.05, 0.1) is 22.5 Å². The van der Waals surface area contributed by atoms with Crippen molar-refractivity contribution in [2.45, 2.75) is 26.7 Å². The summed E-state index contributed by atoms with van der Waals surface area (Å²) in [5.41, 5.74) is 6.72. The lowest BCUT2D eigenvalue weighted by Crippen LogP contribution is -2.16. The number of thiophene rings is 1. The summed E-state index contributed by atoms with van der Waals surface area (Å²) in [6.07, 6.45) is 1.66. The molecule has 4 rings (SSSR count). The maximum atomic E-state index is 12.6. The van der Waals surface area contributed by atoms with Crippen LogP contribution in [0.5, 0.6) is 0 Å². The second kappa shape index (κ2) is 8.01. The normalized spacial score (nSPS) is 11.6. The summed E-state index contributed by atoms with van der Waals surface area (Å²) >= 11 is 1.41. The van der Waals surface area contributed by atoms with Crippen LogP contribution in [0.4, 0.5) is 0 Å². The fourth-order valence-electron chi connectivity index (χ4n) is 3.09. The molecule has 0 bridgehead atoms. The fraction of sp³-hybridized carbons (Fsp3) is 0.174. The number of aromatic nitrogens is 2. The van der Waals surface area contributed by atoms with Crippen LogP contribution < -0.4 is 5.43 Å². The first-order valence-electron chi connectivity index (χ1n) is 9.51. The molecule has 4 aromatic rings. The molecule has 0 fully saturated rings. The number of carbonyl (C=O) groups excluding carboxylic acids is 1. The van der Waals surface area contributed by atoms with Crippen LogP contribution in [0, 0.1) is 6.92 Å². The SMILES string of the molecule is Cc1nn(-c2ccccc2)c2sc(C(=O)N/N=C/c3ccc(C(C)C)cc3)cc12. The van der Waals surface area contributed by atoms with Gasteiger partial charge in [-0.25, -0.2) is 10.1 Å². The van der Waals surface area contributed by atoms with Gasteiger partial charge in [-0.3, -0.25) is 4.79 Å². The number of nitrogens with one attached hydrogen (secondary N) is 1. The molecule has 0 saturated carbocycles. The number of aryl methyl sites for hydroxylation is 1. The summed E-state index contributed by atoms with van der Waals surface area (Å²) in [6, 6.07) is 20.0. The van der Waals surface area contributed by atoms with Crippen molar-refractivity contribution in [2.24, 2.45) is 5.10 Å². The molecule has 0 spiro atoms. The molecule has 5 nitrogen and oxygen atoms in total. The van der Waals surface area contributed by atoms with Gasteiger partial charge in [-0.2, -0.15) is 10.2 Å². The van der Waals surface area contributed by atoms with Gasteiger partial charge in [0, 0.05) is 5.39 Å². The van der Waals surface area contributed by atoms with E-state index in [-0.39, 0.29) is 5.91 Å². The molecule has 6 heteroatoms. The van der Waals surface area contributed by atoms with Crippen LogP contribution in [0.2, 0.25) is 0 Å². The number of nitrogens with zero attached hydrogens (tertiary/aromatic N) is 3. The third kappa shape index (κ3) is 3.98. The predicted molar refractivity (Wildman–Crippen MR) is 119 cm³/mol. The van der Waals surface area contributed by atoms with Gasteiger partial charge in [0.1, 0.15) is 4.83 Å². The van der Waals surface area contributed by atoms with Crippen LogP contribution in [-0.4, -0.2) is 21.9 Å². The van der Waals surface area contributed by atoms with Crippen molar-refractivity contribution in [3.63, 3.8) is 0 Å². The third-order valence-corrected chi connectivity index (χ3v) is 5.86. The molecule has 0 radical (unpaired) electrons. The van der Waals surface area contributed by atoms with Gasteiger partial charge in [0.2, 0.25) is 0 Å². The van der Waals surface area contributed by atoms with Crippen molar-refractivity contribution in [3.8, 4) is 5.69 Å². The molecular weight excluding hydrogens is 380 g/mol. The number of hydrogen-bond acceptors (Lipinski definition) is 4. The summed E-state index contributed by atoms with van der Waals surface area (Å²) in [7, 11) is 0. The number of carbonyl (C=O) groups is 1. The molecule has 1 amide bonds. The Kier molecular flexibility index (Phi) is 5.27. The monoisotopic (exact) mass is 402 g/mol. The smallest absolute Gasteiger partial charge is 0.266 e. The highest BCUT2D eigenvalue weighted by atomic mass is 32.1. The van der Waals surface area contributed by atoms with Crippen LogP contribution in [0.15, 0.2) is 65.8 Å². The lowest BCUT2D eigenvalue weighted by Gasteiger charge is -2.04. The minimum atomic E-state index is -0.222. The fourth-order valence-corrected chi connectivity index (χ4v) is 4.16. The Labute approximate surface area is 173 Å². The molecule has 2 aromatic heterocycles. The zero-order valence-electron chi connectivity index (χ0n) is 16.6. The molecule has 0 aliphatic heterocycles. The second-order valence-corrected chi connectivity index (χ2v) is 8.21. The van der Waals surface area contributed by atoms with E-state index in [0.29, 0.717) is 10.8 Å². The number of hydrazone groups is 1. The van der Waals surface area contributed by atoms with Crippen molar-refractivity contribution in [2.75, 3.05) is 0 Å². The van der Waals surface area contributed by atoms with Crippen LogP contribution in [-0.2, 0) is 0 Å². The minimum absolute atomic E-state index is 0.222. The lowest BCUT2D eigenvalue weighted by molar-refractivity contribution is 0.0959. The van der Waals surface area contributed by atoms with Crippen LogP contribution >= 0.6 is 11.3 Å². The first-order valence-corrected chi connectivity index (χ1v) is 10.3. The van der Waals surface area contributed by atoms with Crippen molar-refractivity contribution < 1.29 is 4.79 Å². The van der Waals surface area contributed by atoms with E-state index in [9.17, 15) is 4.79 Å². The van der Waals surface area contributed by atoms with Crippen molar-refractivity contribution in [1.82, 2.24) is 15.2 Å². The number of rotatable bonds is 5. The van der Waals surface area contributed by atoms with E-state index in [0.717, 1.165) is 27.2 Å². The van der Waals surface area contributed by atoms with Crippen molar-refractivity contribution in [3.05, 3.63) is 82.4 Å². The standard InChI is InChI=1S/C23H22N4OS/c1-15(2)18-11-9-17(10-12-18)14-24-25-22(28)21-13-20-16(3)26-27(23(20)29-21)19-7-5-4-6-8-19/h4-15H,1-3H3,(H,25,28)/b24-14+. The van der Waals surface area contributed by atoms with E-state index >= 15 is 0 Å². The van der Waals surface area contributed by atoms with Crippen molar-refractivity contribution >= 4 is 33.7 Å². The molecule has 0 unspecified atom stereocenters. The molecular formula is C23H22N4OS. The van der Waals surface area contributed by atoms with E-state index in [1.54, 1.807) is 6.21 Å². The Morgan fingerprint density at radius 3 is 2.55 bits per heavy atom. The number of fused-ring (bicyclic) bond motifs is 1. The first-order chi connectivity index (χ1) is 14.0. The topological polar surface area (TPSA) is 59.3 Å². The largest absolute Gasteiger partial charge is 0.281 e. The average molecular weight is 403 g/mol. The van der Waals surface area contributed by atoms with Gasteiger partial charge in [-0.1, -0.05) is 56.3 Å². The molecule has 2 heterocycles.